The maximum absolute atomic E-state index is 14.6. The average Bonchev–Trinajstić information content (AvgIpc) is 3.34. The number of nitrogens with zero attached hydrogens (tertiary/aromatic N) is 1. The van der Waals surface area contributed by atoms with Crippen molar-refractivity contribution in [1.82, 2.24) is 4.90 Å². The van der Waals surface area contributed by atoms with Crippen molar-refractivity contribution in [1.29, 1.82) is 0 Å². The number of hydrogen-bond acceptors (Lipinski definition) is 6. The molecule has 0 spiro atoms. The van der Waals surface area contributed by atoms with Crippen molar-refractivity contribution in [3.63, 3.8) is 0 Å². The molecule has 1 aromatic heterocycles. The first-order chi connectivity index (χ1) is 16.3. The second-order valence-electron chi connectivity index (χ2n) is 8.85. The lowest BCUT2D eigenvalue weighted by molar-refractivity contribution is -0.907. The van der Waals surface area contributed by atoms with Gasteiger partial charge in [-0.05, 0) is 50.6 Å². The van der Waals surface area contributed by atoms with E-state index in [1.165, 1.54) is 21.9 Å². The molecule has 0 saturated carbocycles. The Morgan fingerprint density at radius 2 is 1.97 bits per heavy atom. The average molecular weight is 473 g/mol. The van der Waals surface area contributed by atoms with Crippen LogP contribution in [0, 0.1) is 12.7 Å². The standard InChI is InChI=1S/C25H29FN2O6/c1-15(2)33-19-7-5-17(14-18(19)26)23(29)21-22(20-6-4-16(3)34-20)28(25(31)24(21)30)9-8-27-10-12-32-13-11-27/h4-7,14-15,22,29H,8-13H2,1-3H3. The van der Waals surface area contributed by atoms with Crippen molar-refractivity contribution < 1.29 is 37.9 Å². The van der Waals surface area contributed by atoms with Gasteiger partial charge in [0.25, 0.3) is 5.91 Å². The van der Waals surface area contributed by atoms with E-state index >= 15 is 0 Å². The van der Waals surface area contributed by atoms with Gasteiger partial charge in [-0.1, -0.05) is 11.8 Å². The highest BCUT2D eigenvalue weighted by Gasteiger charge is 2.46. The van der Waals surface area contributed by atoms with Crippen LogP contribution in [-0.2, 0) is 14.3 Å². The molecule has 1 aromatic carbocycles. The van der Waals surface area contributed by atoms with Crippen LogP contribution in [0.5, 0.6) is 5.75 Å². The number of hydrogen-bond donors (Lipinski definition) is 1. The summed E-state index contributed by atoms with van der Waals surface area (Å²) in [4.78, 5) is 28.7. The zero-order valence-electron chi connectivity index (χ0n) is 19.6. The lowest BCUT2D eigenvalue weighted by Crippen LogP contribution is -3.14. The van der Waals surface area contributed by atoms with E-state index in [0.717, 1.165) is 19.2 Å². The Morgan fingerprint density at radius 3 is 2.59 bits per heavy atom. The molecular weight excluding hydrogens is 443 g/mol. The first-order valence-corrected chi connectivity index (χ1v) is 11.5. The molecule has 0 aliphatic carbocycles. The van der Waals surface area contributed by atoms with Gasteiger partial charge >= 0.3 is 0 Å². The normalized spacial score (nSPS) is 21.0. The number of nitrogens with one attached hydrogen (secondary N) is 1. The van der Waals surface area contributed by atoms with Crippen LogP contribution < -0.4 is 14.7 Å². The molecule has 1 atom stereocenters. The van der Waals surface area contributed by atoms with E-state index in [1.54, 1.807) is 32.9 Å². The fourth-order valence-corrected chi connectivity index (χ4v) is 4.33. The number of carbonyl (C=O) groups is 2. The SMILES string of the molecule is Cc1ccc(C2C(=C([O-])c3ccc(OC(C)C)c(F)c3)C(=O)C(=O)N2CC[NH+]2CCOCC2)o1. The Morgan fingerprint density at radius 1 is 1.24 bits per heavy atom. The van der Waals surface area contributed by atoms with Crippen molar-refractivity contribution in [2.24, 2.45) is 0 Å². The van der Waals surface area contributed by atoms with E-state index in [9.17, 15) is 19.1 Å². The number of benzene rings is 1. The Balaban J connectivity index is 1.70. The number of likely N-dealkylation sites (tertiary alicyclic amines) is 1. The number of Topliss-reactive ketones (excluding diaryl/α,β-unsaturated/α-hetero) is 1. The molecule has 1 N–H and O–H groups in total. The minimum Gasteiger partial charge on any atom is -0.872 e. The lowest BCUT2D eigenvalue weighted by atomic mass is 9.99. The largest absolute Gasteiger partial charge is 0.872 e. The van der Waals surface area contributed by atoms with Crippen molar-refractivity contribution in [3.8, 4) is 5.75 Å². The number of carbonyl (C=O) groups excluding carboxylic acids is 2. The minimum absolute atomic E-state index is 0.0127. The number of halogens is 1. The highest BCUT2D eigenvalue weighted by Crippen LogP contribution is 2.39. The molecule has 182 valence electrons. The van der Waals surface area contributed by atoms with E-state index in [4.69, 9.17) is 13.9 Å². The Labute approximate surface area is 197 Å². The molecular formula is C25H29FN2O6. The van der Waals surface area contributed by atoms with Gasteiger partial charge in [-0.15, -0.1) is 0 Å². The number of amides is 1. The third-order valence-electron chi connectivity index (χ3n) is 6.02. The Kier molecular flexibility index (Phi) is 7.04. The smallest absolute Gasteiger partial charge is 0.295 e. The molecule has 34 heavy (non-hydrogen) atoms. The second-order valence-corrected chi connectivity index (χ2v) is 8.85. The van der Waals surface area contributed by atoms with Crippen LogP contribution >= 0.6 is 0 Å². The Hall–Kier alpha value is -3.17. The van der Waals surface area contributed by atoms with Crippen LogP contribution in [0.3, 0.4) is 0 Å². The van der Waals surface area contributed by atoms with E-state index in [2.05, 4.69) is 0 Å². The zero-order chi connectivity index (χ0) is 24.4. The summed E-state index contributed by atoms with van der Waals surface area (Å²) in [5, 5.41) is 13.4. The third-order valence-corrected chi connectivity index (χ3v) is 6.02. The van der Waals surface area contributed by atoms with Crippen LogP contribution in [0.1, 0.15) is 37.0 Å². The van der Waals surface area contributed by atoms with Gasteiger partial charge in [0, 0.05) is 5.57 Å². The van der Waals surface area contributed by atoms with E-state index in [1.807, 2.05) is 0 Å². The predicted octanol–water partition coefficient (Wildman–Crippen LogP) is 0.653. The van der Waals surface area contributed by atoms with E-state index in [0.29, 0.717) is 31.3 Å². The van der Waals surface area contributed by atoms with Crippen LogP contribution in [0.4, 0.5) is 4.39 Å². The summed E-state index contributed by atoms with van der Waals surface area (Å²) in [7, 11) is 0. The lowest BCUT2D eigenvalue weighted by Gasteiger charge is -2.29. The molecule has 2 fully saturated rings. The molecule has 2 aromatic rings. The summed E-state index contributed by atoms with van der Waals surface area (Å²) in [6.07, 6.45) is -0.242. The maximum atomic E-state index is 14.6. The summed E-state index contributed by atoms with van der Waals surface area (Å²) in [6.45, 7) is 9.05. The van der Waals surface area contributed by atoms with Gasteiger partial charge in [0.1, 0.15) is 30.7 Å². The topological polar surface area (TPSA) is 96.5 Å². The summed E-state index contributed by atoms with van der Waals surface area (Å²) in [5.41, 5.74) is -0.257. The molecule has 1 amide bonds. The highest BCUT2D eigenvalue weighted by molar-refractivity contribution is 6.46. The second kappa shape index (κ2) is 9.99. The first kappa shape index (κ1) is 24.0. The fraction of sp³-hybridized carbons (Fsp3) is 0.440. The van der Waals surface area contributed by atoms with Crippen LogP contribution in [0.25, 0.3) is 5.76 Å². The summed E-state index contributed by atoms with van der Waals surface area (Å²) in [6, 6.07) is 6.21. The molecule has 8 nitrogen and oxygen atoms in total. The quantitative estimate of drug-likeness (QED) is 0.361. The molecule has 0 radical (unpaired) electrons. The summed E-state index contributed by atoms with van der Waals surface area (Å²) < 4.78 is 31.1. The van der Waals surface area contributed by atoms with E-state index in [-0.39, 0.29) is 29.5 Å². The van der Waals surface area contributed by atoms with E-state index < -0.39 is 29.3 Å². The van der Waals surface area contributed by atoms with Crippen LogP contribution in [0.2, 0.25) is 0 Å². The Bertz CT molecular complexity index is 1100. The number of ketones is 1. The number of quaternary nitrogens is 1. The van der Waals surface area contributed by atoms with Gasteiger partial charge in [-0.25, -0.2) is 4.39 Å². The van der Waals surface area contributed by atoms with Gasteiger partial charge in [0.05, 0.1) is 32.4 Å². The third kappa shape index (κ3) is 4.85. The first-order valence-electron chi connectivity index (χ1n) is 11.5. The van der Waals surface area contributed by atoms with Crippen molar-refractivity contribution in [2.45, 2.75) is 32.9 Å². The van der Waals surface area contributed by atoms with Crippen molar-refractivity contribution >= 4 is 17.4 Å². The minimum atomic E-state index is -0.962. The zero-order valence-corrected chi connectivity index (χ0v) is 19.6. The van der Waals surface area contributed by atoms with Gasteiger partial charge in [0.2, 0.25) is 5.78 Å². The molecule has 4 rings (SSSR count). The number of morpholine rings is 1. The molecule has 2 saturated heterocycles. The number of ether oxygens (including phenoxy) is 2. The van der Waals surface area contributed by atoms with Crippen LogP contribution in [-0.4, -0.2) is 62.1 Å². The molecule has 3 heterocycles. The number of rotatable bonds is 7. The summed E-state index contributed by atoms with van der Waals surface area (Å²) >= 11 is 0. The molecule has 9 heteroatoms. The summed E-state index contributed by atoms with van der Waals surface area (Å²) in [5.74, 6) is -2.12. The number of furan rings is 1. The molecule has 2 aliphatic rings. The van der Waals surface area contributed by atoms with Crippen LogP contribution in [0.15, 0.2) is 40.3 Å². The van der Waals surface area contributed by atoms with Crippen molar-refractivity contribution in [3.05, 3.63) is 58.8 Å². The highest BCUT2D eigenvalue weighted by atomic mass is 19.1. The molecule has 2 aliphatic heterocycles. The fourth-order valence-electron chi connectivity index (χ4n) is 4.33. The monoisotopic (exact) mass is 472 g/mol. The maximum Gasteiger partial charge on any atom is 0.295 e. The number of aryl methyl sites for hydroxylation is 1. The predicted molar refractivity (Wildman–Crippen MR) is 118 cm³/mol. The van der Waals surface area contributed by atoms with Gasteiger partial charge in [-0.2, -0.15) is 0 Å². The van der Waals surface area contributed by atoms with Gasteiger partial charge < -0.3 is 28.8 Å². The van der Waals surface area contributed by atoms with Gasteiger partial charge in [0.15, 0.2) is 11.6 Å². The van der Waals surface area contributed by atoms with Gasteiger partial charge in [-0.3, -0.25) is 9.59 Å². The molecule has 1 unspecified atom stereocenters. The molecule has 0 bridgehead atoms. The van der Waals surface area contributed by atoms with Crippen molar-refractivity contribution in [2.75, 3.05) is 39.4 Å².